The second-order valence-electron chi connectivity index (χ2n) is 6.39. The molecule has 0 radical (unpaired) electrons. The summed E-state index contributed by atoms with van der Waals surface area (Å²) in [6.45, 7) is 8.61. The highest BCUT2D eigenvalue weighted by atomic mass is 16.5. The molecule has 6 nitrogen and oxygen atoms in total. The smallest absolute Gasteiger partial charge is 0.263 e. The molecule has 1 saturated heterocycles. The van der Waals surface area contributed by atoms with Gasteiger partial charge in [-0.1, -0.05) is 17.7 Å². The molecule has 1 atom stereocenters. The lowest BCUT2D eigenvalue weighted by atomic mass is 10.1. The van der Waals surface area contributed by atoms with Crippen molar-refractivity contribution in [2.24, 2.45) is 0 Å². The number of anilines is 1. The van der Waals surface area contributed by atoms with Crippen LogP contribution in [0, 0.1) is 13.8 Å². The van der Waals surface area contributed by atoms with Crippen LogP contribution in [0.1, 0.15) is 18.1 Å². The van der Waals surface area contributed by atoms with Gasteiger partial charge in [-0.2, -0.15) is 0 Å². The lowest BCUT2D eigenvalue weighted by Gasteiger charge is -2.35. The van der Waals surface area contributed by atoms with E-state index in [2.05, 4.69) is 20.9 Å². The standard InChI is InChI=1S/C19H24N4O2/c1-14-5-6-17(15(2)13-14)25-16(3)18(24)22-9-11-23(12-10-22)19-20-7-4-8-21-19/h4-8,13,16H,9-12H2,1-3H3. The topological polar surface area (TPSA) is 58.6 Å². The van der Waals surface area contributed by atoms with Crippen LogP contribution in [0.3, 0.4) is 0 Å². The van der Waals surface area contributed by atoms with Crippen molar-refractivity contribution in [3.05, 3.63) is 47.8 Å². The van der Waals surface area contributed by atoms with Crippen molar-refractivity contribution < 1.29 is 9.53 Å². The Balaban J connectivity index is 1.56. The molecule has 1 unspecified atom stereocenters. The van der Waals surface area contributed by atoms with Crippen LogP contribution in [-0.2, 0) is 4.79 Å². The van der Waals surface area contributed by atoms with Crippen LogP contribution in [0.25, 0.3) is 0 Å². The summed E-state index contributed by atoms with van der Waals surface area (Å²) < 4.78 is 5.90. The molecule has 0 saturated carbocycles. The molecular formula is C19H24N4O2. The number of carbonyl (C=O) groups excluding carboxylic acids is 1. The van der Waals surface area contributed by atoms with Gasteiger partial charge in [0.05, 0.1) is 0 Å². The number of aromatic nitrogens is 2. The summed E-state index contributed by atoms with van der Waals surface area (Å²) >= 11 is 0. The third-order valence-electron chi connectivity index (χ3n) is 4.41. The molecule has 1 aromatic carbocycles. The highest BCUT2D eigenvalue weighted by Crippen LogP contribution is 2.21. The predicted octanol–water partition coefficient (Wildman–Crippen LogP) is 2.21. The molecule has 1 fully saturated rings. The van der Waals surface area contributed by atoms with Crippen LogP contribution in [-0.4, -0.2) is 53.1 Å². The summed E-state index contributed by atoms with van der Waals surface area (Å²) in [5.74, 6) is 1.51. The normalized spacial score (nSPS) is 15.8. The molecule has 0 spiro atoms. The Kier molecular flexibility index (Phi) is 5.16. The Morgan fingerprint density at radius 3 is 2.44 bits per heavy atom. The van der Waals surface area contributed by atoms with Crippen molar-refractivity contribution in [2.75, 3.05) is 31.1 Å². The van der Waals surface area contributed by atoms with Gasteiger partial charge in [0.2, 0.25) is 5.95 Å². The monoisotopic (exact) mass is 340 g/mol. The third kappa shape index (κ3) is 4.07. The number of hydrogen-bond donors (Lipinski definition) is 0. The van der Waals surface area contributed by atoms with Crippen molar-refractivity contribution >= 4 is 11.9 Å². The van der Waals surface area contributed by atoms with Crippen molar-refractivity contribution in [1.82, 2.24) is 14.9 Å². The number of hydrogen-bond acceptors (Lipinski definition) is 5. The molecule has 6 heteroatoms. The van der Waals surface area contributed by atoms with Crippen LogP contribution in [0.5, 0.6) is 5.75 Å². The van der Waals surface area contributed by atoms with Crippen LogP contribution in [0.2, 0.25) is 0 Å². The number of benzene rings is 1. The fourth-order valence-electron chi connectivity index (χ4n) is 3.01. The summed E-state index contributed by atoms with van der Waals surface area (Å²) in [6.07, 6.45) is 2.97. The third-order valence-corrected chi connectivity index (χ3v) is 4.41. The van der Waals surface area contributed by atoms with Gasteiger partial charge in [-0.3, -0.25) is 4.79 Å². The van der Waals surface area contributed by atoms with Gasteiger partial charge < -0.3 is 14.5 Å². The molecule has 132 valence electrons. The van der Waals surface area contributed by atoms with Crippen LogP contribution < -0.4 is 9.64 Å². The van der Waals surface area contributed by atoms with Crippen molar-refractivity contribution in [3.63, 3.8) is 0 Å². The average Bonchev–Trinajstić information content (AvgIpc) is 2.64. The van der Waals surface area contributed by atoms with E-state index in [0.717, 1.165) is 24.4 Å². The van der Waals surface area contributed by atoms with Gasteiger partial charge in [-0.15, -0.1) is 0 Å². The molecule has 2 aromatic rings. The van der Waals surface area contributed by atoms with E-state index in [1.165, 1.54) is 5.56 Å². The maximum Gasteiger partial charge on any atom is 0.263 e. The van der Waals surface area contributed by atoms with Gasteiger partial charge >= 0.3 is 0 Å². The first-order valence-corrected chi connectivity index (χ1v) is 8.59. The predicted molar refractivity (Wildman–Crippen MR) is 96.8 cm³/mol. The van der Waals surface area contributed by atoms with Gasteiger partial charge in [0.15, 0.2) is 6.10 Å². The zero-order valence-corrected chi connectivity index (χ0v) is 15.0. The molecule has 0 bridgehead atoms. The van der Waals surface area contributed by atoms with Gasteiger partial charge in [0, 0.05) is 38.6 Å². The maximum atomic E-state index is 12.7. The zero-order chi connectivity index (χ0) is 17.8. The fourth-order valence-corrected chi connectivity index (χ4v) is 3.01. The van der Waals surface area contributed by atoms with E-state index < -0.39 is 6.10 Å². The van der Waals surface area contributed by atoms with Gasteiger partial charge in [0.25, 0.3) is 5.91 Å². The van der Waals surface area contributed by atoms with Crippen LogP contribution in [0.4, 0.5) is 5.95 Å². The van der Waals surface area contributed by atoms with Crippen LogP contribution >= 0.6 is 0 Å². The zero-order valence-electron chi connectivity index (χ0n) is 15.0. The number of aryl methyl sites for hydroxylation is 2. The van der Waals surface area contributed by atoms with Gasteiger partial charge in [0.1, 0.15) is 5.75 Å². The first-order chi connectivity index (χ1) is 12.0. The van der Waals surface area contributed by atoms with E-state index in [1.807, 2.05) is 37.8 Å². The van der Waals surface area contributed by atoms with E-state index >= 15 is 0 Å². The number of piperazine rings is 1. The molecule has 25 heavy (non-hydrogen) atoms. The molecule has 1 aliphatic rings. The molecule has 1 aliphatic heterocycles. The first kappa shape index (κ1) is 17.2. The molecule has 1 amide bonds. The summed E-state index contributed by atoms with van der Waals surface area (Å²) in [5, 5.41) is 0. The molecule has 3 rings (SSSR count). The highest BCUT2D eigenvalue weighted by molar-refractivity contribution is 5.81. The van der Waals surface area contributed by atoms with E-state index in [-0.39, 0.29) is 5.91 Å². The second-order valence-corrected chi connectivity index (χ2v) is 6.39. The largest absolute Gasteiger partial charge is 0.481 e. The lowest BCUT2D eigenvalue weighted by Crippen LogP contribution is -2.52. The Morgan fingerprint density at radius 2 is 1.80 bits per heavy atom. The second kappa shape index (κ2) is 7.51. The fraction of sp³-hybridized carbons (Fsp3) is 0.421. The molecule has 2 heterocycles. The molecular weight excluding hydrogens is 316 g/mol. The maximum absolute atomic E-state index is 12.7. The van der Waals surface area contributed by atoms with E-state index in [1.54, 1.807) is 18.5 Å². The van der Waals surface area contributed by atoms with Crippen LogP contribution in [0.15, 0.2) is 36.7 Å². The minimum atomic E-state index is -0.499. The minimum Gasteiger partial charge on any atom is -0.481 e. The SMILES string of the molecule is Cc1ccc(OC(C)C(=O)N2CCN(c3ncccn3)CC2)c(C)c1. The minimum absolute atomic E-state index is 0.0219. The first-order valence-electron chi connectivity index (χ1n) is 8.59. The van der Waals surface area contributed by atoms with Gasteiger partial charge in [-0.25, -0.2) is 9.97 Å². The Labute approximate surface area is 148 Å². The number of rotatable bonds is 4. The quantitative estimate of drug-likeness (QED) is 0.854. The average molecular weight is 340 g/mol. The van der Waals surface area contributed by atoms with E-state index in [9.17, 15) is 4.79 Å². The summed E-state index contributed by atoms with van der Waals surface area (Å²) in [5.41, 5.74) is 2.23. The molecule has 0 N–H and O–H groups in total. The van der Waals surface area contributed by atoms with E-state index in [4.69, 9.17) is 4.74 Å². The summed E-state index contributed by atoms with van der Waals surface area (Å²) in [6, 6.07) is 7.79. The molecule has 0 aliphatic carbocycles. The van der Waals surface area contributed by atoms with Crippen molar-refractivity contribution in [3.8, 4) is 5.75 Å². The Morgan fingerprint density at radius 1 is 1.12 bits per heavy atom. The summed E-state index contributed by atoms with van der Waals surface area (Å²) in [4.78, 5) is 25.2. The highest BCUT2D eigenvalue weighted by Gasteiger charge is 2.27. The number of amides is 1. The summed E-state index contributed by atoms with van der Waals surface area (Å²) in [7, 11) is 0. The van der Waals surface area contributed by atoms with Crippen molar-refractivity contribution in [2.45, 2.75) is 26.9 Å². The van der Waals surface area contributed by atoms with Crippen molar-refractivity contribution in [1.29, 1.82) is 0 Å². The van der Waals surface area contributed by atoms with E-state index in [0.29, 0.717) is 19.0 Å². The lowest BCUT2D eigenvalue weighted by molar-refractivity contribution is -0.138. The number of carbonyl (C=O) groups is 1. The Bertz CT molecular complexity index is 727. The number of nitrogens with zero attached hydrogens (tertiary/aromatic N) is 4. The van der Waals surface area contributed by atoms with Gasteiger partial charge in [-0.05, 0) is 38.5 Å². The number of ether oxygens (including phenoxy) is 1. The Hall–Kier alpha value is -2.63. The molecule has 1 aromatic heterocycles.